The number of nitrogens with two attached hydrogens (primary N) is 1. The van der Waals surface area contributed by atoms with Gasteiger partial charge in [0, 0.05) is 6.42 Å². The van der Waals surface area contributed by atoms with Crippen molar-refractivity contribution in [1.29, 1.82) is 0 Å². The molecule has 12 nitrogen and oxygen atoms in total. The van der Waals surface area contributed by atoms with Crippen molar-refractivity contribution in [3.8, 4) is 0 Å². The van der Waals surface area contributed by atoms with Gasteiger partial charge in [-0.15, -0.1) is 0 Å². The second-order valence-electron chi connectivity index (χ2n) is 8.18. The summed E-state index contributed by atoms with van der Waals surface area (Å²) in [4.78, 5) is 59.5. The zero-order valence-corrected chi connectivity index (χ0v) is 19.0. The standard InChI is InChI=1S/C20H36N4O8/c1-5-11(4)16(24-17(28)12(21)6-7-15(26)27)19(30)23-14(9-25)18(29)22-13(20(31)32)8-10(2)3/h10-14,16,25H,5-9,21H2,1-4H3,(H,22,29)(H,23,30)(H,24,28)(H,26,27)(H,31,32). The van der Waals surface area contributed by atoms with Crippen molar-refractivity contribution in [3.63, 3.8) is 0 Å². The van der Waals surface area contributed by atoms with E-state index in [0.717, 1.165) is 0 Å². The Kier molecular flexibility index (Phi) is 13.1. The van der Waals surface area contributed by atoms with Crippen LogP contribution in [0.2, 0.25) is 0 Å². The number of carbonyl (C=O) groups excluding carboxylic acids is 3. The largest absolute Gasteiger partial charge is 0.481 e. The monoisotopic (exact) mass is 460 g/mol. The summed E-state index contributed by atoms with van der Waals surface area (Å²) >= 11 is 0. The molecule has 12 heteroatoms. The third-order valence-corrected chi connectivity index (χ3v) is 4.94. The Morgan fingerprint density at radius 1 is 0.875 bits per heavy atom. The van der Waals surface area contributed by atoms with Crippen LogP contribution in [-0.2, 0) is 24.0 Å². The molecule has 0 aromatic carbocycles. The minimum absolute atomic E-state index is 0.0195. The topological polar surface area (TPSA) is 208 Å². The fourth-order valence-corrected chi connectivity index (χ4v) is 2.79. The van der Waals surface area contributed by atoms with Gasteiger partial charge in [-0.05, 0) is 24.7 Å². The quantitative estimate of drug-likeness (QED) is 0.156. The third-order valence-electron chi connectivity index (χ3n) is 4.94. The molecular formula is C20H36N4O8. The molecule has 184 valence electrons. The number of hydrogen-bond donors (Lipinski definition) is 7. The van der Waals surface area contributed by atoms with Gasteiger partial charge in [0.05, 0.1) is 12.6 Å². The lowest BCUT2D eigenvalue weighted by Gasteiger charge is -2.27. The van der Waals surface area contributed by atoms with Gasteiger partial charge >= 0.3 is 11.9 Å². The van der Waals surface area contributed by atoms with Crippen molar-refractivity contribution in [2.45, 2.75) is 77.5 Å². The summed E-state index contributed by atoms with van der Waals surface area (Å²) in [6.07, 6.45) is 0.202. The highest BCUT2D eigenvalue weighted by Crippen LogP contribution is 2.10. The Balaban J connectivity index is 5.27. The highest BCUT2D eigenvalue weighted by molar-refractivity contribution is 5.94. The van der Waals surface area contributed by atoms with E-state index in [0.29, 0.717) is 6.42 Å². The number of nitrogens with one attached hydrogen (secondary N) is 3. The molecule has 0 bridgehead atoms. The van der Waals surface area contributed by atoms with Crippen LogP contribution >= 0.6 is 0 Å². The van der Waals surface area contributed by atoms with E-state index in [1.54, 1.807) is 27.7 Å². The fraction of sp³-hybridized carbons (Fsp3) is 0.750. The van der Waals surface area contributed by atoms with E-state index in [1.807, 2.05) is 0 Å². The molecule has 32 heavy (non-hydrogen) atoms. The summed E-state index contributed by atoms with van der Waals surface area (Å²) in [5, 5.41) is 34.6. The normalized spacial score (nSPS) is 15.7. The van der Waals surface area contributed by atoms with Crippen LogP contribution in [-0.4, -0.2) is 75.8 Å². The van der Waals surface area contributed by atoms with Gasteiger partial charge in [-0.2, -0.15) is 0 Å². The van der Waals surface area contributed by atoms with Crippen LogP contribution < -0.4 is 21.7 Å². The lowest BCUT2D eigenvalue weighted by molar-refractivity contribution is -0.143. The molecule has 0 aliphatic rings. The van der Waals surface area contributed by atoms with E-state index in [2.05, 4.69) is 16.0 Å². The Bertz CT molecular complexity index is 670. The van der Waals surface area contributed by atoms with Gasteiger partial charge in [0.15, 0.2) is 0 Å². The van der Waals surface area contributed by atoms with E-state index < -0.39 is 60.4 Å². The van der Waals surface area contributed by atoms with Gasteiger partial charge in [0.25, 0.3) is 0 Å². The number of amides is 3. The van der Waals surface area contributed by atoms with Crippen LogP contribution in [0, 0.1) is 11.8 Å². The number of aliphatic carboxylic acids is 2. The van der Waals surface area contributed by atoms with E-state index in [9.17, 15) is 34.2 Å². The Morgan fingerprint density at radius 3 is 1.88 bits per heavy atom. The van der Waals surface area contributed by atoms with Crippen LogP contribution in [0.15, 0.2) is 0 Å². The summed E-state index contributed by atoms with van der Waals surface area (Å²) in [6, 6.07) is -4.86. The van der Waals surface area contributed by atoms with Crippen LogP contribution in [0.5, 0.6) is 0 Å². The molecule has 0 heterocycles. The number of carboxylic acid groups (broad SMARTS) is 2. The van der Waals surface area contributed by atoms with E-state index in [1.165, 1.54) is 0 Å². The van der Waals surface area contributed by atoms with Crippen molar-refractivity contribution in [2.24, 2.45) is 17.6 Å². The van der Waals surface area contributed by atoms with E-state index in [-0.39, 0.29) is 31.1 Å². The molecule has 5 atom stereocenters. The van der Waals surface area contributed by atoms with Gasteiger partial charge in [-0.3, -0.25) is 19.2 Å². The van der Waals surface area contributed by atoms with Crippen molar-refractivity contribution in [3.05, 3.63) is 0 Å². The molecule has 0 rings (SSSR count). The summed E-state index contributed by atoms with van der Waals surface area (Å²) in [5.74, 6) is -5.10. The average Bonchev–Trinajstić information content (AvgIpc) is 2.71. The lowest BCUT2D eigenvalue weighted by atomic mass is 9.97. The second-order valence-corrected chi connectivity index (χ2v) is 8.18. The van der Waals surface area contributed by atoms with E-state index in [4.69, 9.17) is 10.8 Å². The predicted molar refractivity (Wildman–Crippen MR) is 114 cm³/mol. The minimum atomic E-state index is -1.43. The number of hydrogen-bond acceptors (Lipinski definition) is 7. The molecule has 0 spiro atoms. The van der Waals surface area contributed by atoms with Crippen molar-refractivity contribution >= 4 is 29.7 Å². The second kappa shape index (κ2) is 14.4. The molecule has 0 aliphatic carbocycles. The van der Waals surface area contributed by atoms with Gasteiger partial charge in [0.1, 0.15) is 18.1 Å². The van der Waals surface area contributed by atoms with Gasteiger partial charge in [-0.1, -0.05) is 34.1 Å². The first kappa shape index (κ1) is 29.3. The first-order valence-electron chi connectivity index (χ1n) is 10.6. The average molecular weight is 461 g/mol. The molecule has 3 amide bonds. The number of aliphatic hydroxyl groups excluding tert-OH is 1. The maximum Gasteiger partial charge on any atom is 0.326 e. The summed E-state index contributed by atoms with van der Waals surface area (Å²) in [5.41, 5.74) is 5.69. The van der Waals surface area contributed by atoms with Crippen LogP contribution in [0.1, 0.15) is 53.4 Å². The molecular weight excluding hydrogens is 424 g/mol. The highest BCUT2D eigenvalue weighted by atomic mass is 16.4. The Morgan fingerprint density at radius 2 is 1.44 bits per heavy atom. The van der Waals surface area contributed by atoms with Crippen LogP contribution in [0.4, 0.5) is 0 Å². The zero-order chi connectivity index (χ0) is 25.0. The molecule has 5 unspecified atom stereocenters. The molecule has 8 N–H and O–H groups in total. The zero-order valence-electron chi connectivity index (χ0n) is 19.0. The van der Waals surface area contributed by atoms with Crippen molar-refractivity contribution < 1.29 is 39.3 Å². The molecule has 0 aromatic heterocycles. The number of rotatable bonds is 15. The first-order chi connectivity index (χ1) is 14.8. The molecule has 0 radical (unpaired) electrons. The first-order valence-corrected chi connectivity index (χ1v) is 10.6. The van der Waals surface area contributed by atoms with Gasteiger partial charge in [-0.25, -0.2) is 4.79 Å². The lowest BCUT2D eigenvalue weighted by Crippen LogP contribution is -2.59. The molecule has 0 saturated carbocycles. The molecule has 0 aliphatic heterocycles. The third kappa shape index (κ3) is 10.5. The molecule has 0 aromatic rings. The summed E-state index contributed by atoms with van der Waals surface area (Å²) in [6.45, 7) is 6.25. The van der Waals surface area contributed by atoms with Crippen LogP contribution in [0.25, 0.3) is 0 Å². The highest BCUT2D eigenvalue weighted by Gasteiger charge is 2.32. The minimum Gasteiger partial charge on any atom is -0.481 e. The molecule has 0 fully saturated rings. The Hall–Kier alpha value is -2.73. The van der Waals surface area contributed by atoms with Gasteiger partial charge < -0.3 is 37.0 Å². The number of carboxylic acids is 2. The summed E-state index contributed by atoms with van der Waals surface area (Å²) < 4.78 is 0. The summed E-state index contributed by atoms with van der Waals surface area (Å²) in [7, 11) is 0. The SMILES string of the molecule is CCC(C)C(NC(=O)C(N)CCC(=O)O)C(=O)NC(CO)C(=O)NC(CC(C)C)C(=O)O. The predicted octanol–water partition coefficient (Wildman–Crippen LogP) is -1.20. The Labute approximate surface area is 187 Å². The van der Waals surface area contributed by atoms with Crippen molar-refractivity contribution in [1.82, 2.24) is 16.0 Å². The fourth-order valence-electron chi connectivity index (χ4n) is 2.79. The smallest absolute Gasteiger partial charge is 0.326 e. The number of carbonyl (C=O) groups is 5. The van der Waals surface area contributed by atoms with Gasteiger partial charge in [0.2, 0.25) is 17.7 Å². The maximum atomic E-state index is 12.8. The maximum absolute atomic E-state index is 12.8. The molecule has 0 saturated heterocycles. The van der Waals surface area contributed by atoms with Crippen molar-refractivity contribution in [2.75, 3.05) is 6.61 Å². The number of aliphatic hydroxyl groups is 1. The van der Waals surface area contributed by atoms with Crippen LogP contribution in [0.3, 0.4) is 0 Å². The van der Waals surface area contributed by atoms with E-state index >= 15 is 0 Å².